The van der Waals surface area contributed by atoms with Gasteiger partial charge in [0, 0.05) is 6.61 Å². The summed E-state index contributed by atoms with van der Waals surface area (Å²) in [6.07, 6.45) is 3.73. The summed E-state index contributed by atoms with van der Waals surface area (Å²) in [6, 6.07) is 0. The van der Waals surface area contributed by atoms with E-state index in [-0.39, 0.29) is 6.10 Å². The highest BCUT2D eigenvalue weighted by atomic mass is 16.7. The zero-order valence-electron chi connectivity index (χ0n) is 9.70. The van der Waals surface area contributed by atoms with Gasteiger partial charge < -0.3 is 14.6 Å². The lowest BCUT2D eigenvalue weighted by Gasteiger charge is -2.15. The molecule has 0 radical (unpaired) electrons. The SMILES string of the molecule is CCCCCCC(COCC)OC(=O)O. The topological polar surface area (TPSA) is 55.8 Å². The minimum Gasteiger partial charge on any atom is -0.450 e. The van der Waals surface area contributed by atoms with Gasteiger partial charge in [0.2, 0.25) is 0 Å². The first kappa shape index (κ1) is 14.2. The highest BCUT2D eigenvalue weighted by Gasteiger charge is 2.12. The van der Waals surface area contributed by atoms with Gasteiger partial charge in [0.15, 0.2) is 0 Å². The average molecular weight is 218 g/mol. The molecule has 15 heavy (non-hydrogen) atoms. The molecule has 1 atom stereocenters. The summed E-state index contributed by atoms with van der Waals surface area (Å²) in [7, 11) is 0. The molecule has 0 aliphatic rings. The van der Waals surface area contributed by atoms with Crippen molar-refractivity contribution in [1.29, 1.82) is 0 Å². The van der Waals surface area contributed by atoms with E-state index in [2.05, 4.69) is 6.92 Å². The summed E-state index contributed by atoms with van der Waals surface area (Å²) < 4.78 is 9.89. The Morgan fingerprint density at radius 2 is 2.00 bits per heavy atom. The molecule has 0 saturated heterocycles. The summed E-state index contributed by atoms with van der Waals surface area (Å²) in [5, 5.41) is 8.51. The number of hydrogen-bond acceptors (Lipinski definition) is 3. The highest BCUT2D eigenvalue weighted by Crippen LogP contribution is 2.09. The maximum absolute atomic E-state index is 10.4. The molecule has 0 rings (SSSR count). The zero-order chi connectivity index (χ0) is 11.5. The molecule has 0 spiro atoms. The molecule has 4 nitrogen and oxygen atoms in total. The predicted octanol–water partition coefficient (Wildman–Crippen LogP) is 3.06. The summed E-state index contributed by atoms with van der Waals surface area (Å²) >= 11 is 0. The molecule has 0 bridgehead atoms. The van der Waals surface area contributed by atoms with Crippen molar-refractivity contribution in [2.45, 2.75) is 52.1 Å². The lowest BCUT2D eigenvalue weighted by molar-refractivity contribution is -0.00314. The summed E-state index contributed by atoms with van der Waals surface area (Å²) in [4.78, 5) is 10.4. The van der Waals surface area contributed by atoms with Gasteiger partial charge in [0.1, 0.15) is 6.10 Å². The standard InChI is InChI=1S/C11H22O4/c1-3-5-6-7-8-10(9-14-4-2)15-11(12)13/h10H,3-9H2,1-2H3,(H,12,13). The molecular formula is C11H22O4. The Labute approximate surface area is 91.6 Å². The molecule has 0 aromatic carbocycles. The third-order valence-electron chi connectivity index (χ3n) is 2.16. The fraction of sp³-hybridized carbons (Fsp3) is 0.909. The molecule has 0 heterocycles. The second kappa shape index (κ2) is 9.77. The molecule has 90 valence electrons. The lowest BCUT2D eigenvalue weighted by Crippen LogP contribution is -2.22. The molecule has 0 aliphatic carbocycles. The Kier molecular flexibility index (Phi) is 9.27. The van der Waals surface area contributed by atoms with Gasteiger partial charge in [-0.15, -0.1) is 0 Å². The van der Waals surface area contributed by atoms with Crippen molar-refractivity contribution < 1.29 is 19.4 Å². The van der Waals surface area contributed by atoms with Crippen LogP contribution >= 0.6 is 0 Å². The van der Waals surface area contributed by atoms with E-state index in [0.29, 0.717) is 13.2 Å². The molecule has 0 aromatic rings. The predicted molar refractivity (Wildman–Crippen MR) is 58.1 cm³/mol. The van der Waals surface area contributed by atoms with Gasteiger partial charge in [-0.1, -0.05) is 26.2 Å². The number of carbonyl (C=O) groups is 1. The van der Waals surface area contributed by atoms with E-state index >= 15 is 0 Å². The van der Waals surface area contributed by atoms with E-state index in [9.17, 15) is 4.79 Å². The molecular weight excluding hydrogens is 196 g/mol. The number of unbranched alkanes of at least 4 members (excludes halogenated alkanes) is 3. The molecule has 1 N–H and O–H groups in total. The van der Waals surface area contributed by atoms with E-state index in [0.717, 1.165) is 19.3 Å². The molecule has 0 amide bonds. The van der Waals surface area contributed by atoms with E-state index in [1.165, 1.54) is 12.8 Å². The van der Waals surface area contributed by atoms with Gasteiger partial charge in [-0.3, -0.25) is 0 Å². The van der Waals surface area contributed by atoms with Gasteiger partial charge in [0.05, 0.1) is 6.61 Å². The van der Waals surface area contributed by atoms with Crippen LogP contribution in [-0.2, 0) is 9.47 Å². The molecule has 1 unspecified atom stereocenters. The Morgan fingerprint density at radius 1 is 1.27 bits per heavy atom. The Hall–Kier alpha value is -0.770. The summed E-state index contributed by atoms with van der Waals surface area (Å²) in [5.41, 5.74) is 0. The van der Waals surface area contributed by atoms with Crippen molar-refractivity contribution in [3.05, 3.63) is 0 Å². The first-order chi connectivity index (χ1) is 7.20. The fourth-order valence-electron chi connectivity index (χ4n) is 1.37. The van der Waals surface area contributed by atoms with Crippen LogP contribution in [-0.4, -0.2) is 30.6 Å². The van der Waals surface area contributed by atoms with E-state index in [1.54, 1.807) is 0 Å². The first-order valence-electron chi connectivity index (χ1n) is 5.68. The van der Waals surface area contributed by atoms with Crippen LogP contribution in [0.15, 0.2) is 0 Å². The number of rotatable bonds is 9. The third-order valence-corrected chi connectivity index (χ3v) is 2.16. The average Bonchev–Trinajstić information content (AvgIpc) is 2.19. The molecule has 4 heteroatoms. The van der Waals surface area contributed by atoms with Crippen molar-refractivity contribution in [2.24, 2.45) is 0 Å². The monoisotopic (exact) mass is 218 g/mol. The van der Waals surface area contributed by atoms with Crippen LogP contribution in [0.25, 0.3) is 0 Å². The smallest absolute Gasteiger partial charge is 0.450 e. The van der Waals surface area contributed by atoms with Crippen molar-refractivity contribution >= 4 is 6.16 Å². The van der Waals surface area contributed by atoms with Crippen molar-refractivity contribution in [3.63, 3.8) is 0 Å². The number of ether oxygens (including phenoxy) is 2. The minimum atomic E-state index is -1.21. The zero-order valence-corrected chi connectivity index (χ0v) is 9.70. The molecule has 0 aliphatic heterocycles. The Balaban J connectivity index is 3.64. The van der Waals surface area contributed by atoms with E-state index in [1.807, 2.05) is 6.92 Å². The quantitative estimate of drug-likeness (QED) is 0.477. The van der Waals surface area contributed by atoms with Gasteiger partial charge >= 0.3 is 6.16 Å². The van der Waals surface area contributed by atoms with Crippen LogP contribution in [0.2, 0.25) is 0 Å². The van der Waals surface area contributed by atoms with Crippen LogP contribution < -0.4 is 0 Å². The van der Waals surface area contributed by atoms with Crippen molar-refractivity contribution in [1.82, 2.24) is 0 Å². The van der Waals surface area contributed by atoms with Gasteiger partial charge in [-0.2, -0.15) is 0 Å². The summed E-state index contributed by atoms with van der Waals surface area (Å²) in [5.74, 6) is 0. The van der Waals surface area contributed by atoms with Crippen LogP contribution in [0.3, 0.4) is 0 Å². The van der Waals surface area contributed by atoms with Gasteiger partial charge in [-0.25, -0.2) is 4.79 Å². The largest absolute Gasteiger partial charge is 0.506 e. The fourth-order valence-corrected chi connectivity index (χ4v) is 1.37. The van der Waals surface area contributed by atoms with Crippen LogP contribution in [0, 0.1) is 0 Å². The van der Waals surface area contributed by atoms with Crippen LogP contribution in [0.4, 0.5) is 4.79 Å². The third kappa shape index (κ3) is 9.53. The molecule has 0 saturated carbocycles. The number of hydrogen-bond donors (Lipinski definition) is 1. The lowest BCUT2D eigenvalue weighted by atomic mass is 10.1. The second-order valence-electron chi connectivity index (χ2n) is 3.51. The Bertz CT molecular complexity index is 159. The maximum Gasteiger partial charge on any atom is 0.506 e. The van der Waals surface area contributed by atoms with E-state index in [4.69, 9.17) is 14.6 Å². The second-order valence-corrected chi connectivity index (χ2v) is 3.51. The van der Waals surface area contributed by atoms with Crippen LogP contribution in [0.1, 0.15) is 46.0 Å². The van der Waals surface area contributed by atoms with Gasteiger partial charge in [-0.05, 0) is 19.8 Å². The normalized spacial score (nSPS) is 12.4. The Morgan fingerprint density at radius 3 is 2.53 bits per heavy atom. The van der Waals surface area contributed by atoms with Crippen molar-refractivity contribution in [2.75, 3.05) is 13.2 Å². The molecule has 0 aromatic heterocycles. The molecule has 0 fully saturated rings. The first-order valence-corrected chi connectivity index (χ1v) is 5.68. The van der Waals surface area contributed by atoms with E-state index < -0.39 is 6.16 Å². The van der Waals surface area contributed by atoms with Crippen molar-refractivity contribution in [3.8, 4) is 0 Å². The number of carboxylic acid groups (broad SMARTS) is 1. The highest BCUT2D eigenvalue weighted by molar-refractivity contribution is 5.57. The van der Waals surface area contributed by atoms with Crippen LogP contribution in [0.5, 0.6) is 0 Å². The van der Waals surface area contributed by atoms with Gasteiger partial charge in [0.25, 0.3) is 0 Å². The maximum atomic E-state index is 10.4. The summed E-state index contributed by atoms with van der Waals surface area (Å²) in [6.45, 7) is 4.99. The minimum absolute atomic E-state index is 0.306.